The Kier molecular flexibility index (Phi) is 2.66. The number of anilines is 1. The van der Waals surface area contributed by atoms with Gasteiger partial charge in [0.05, 0.1) is 0 Å². The molecule has 1 unspecified atom stereocenters. The topological polar surface area (TPSA) is 29.3 Å². The van der Waals surface area contributed by atoms with E-state index in [1.54, 1.807) is 0 Å². The number of nitrogens with zero attached hydrogens (tertiary/aromatic N) is 1. The minimum absolute atomic E-state index is 0.508. The number of nitrogens with two attached hydrogens (primary N) is 1. The van der Waals surface area contributed by atoms with Gasteiger partial charge in [-0.3, -0.25) is 0 Å². The Morgan fingerprint density at radius 1 is 1.57 bits per heavy atom. The summed E-state index contributed by atoms with van der Waals surface area (Å²) in [6.45, 7) is 1.76. The van der Waals surface area contributed by atoms with E-state index in [-0.39, 0.29) is 0 Å². The van der Waals surface area contributed by atoms with E-state index in [9.17, 15) is 0 Å². The third-order valence-corrected chi connectivity index (χ3v) is 3.19. The molecular formula is C11H15ClN2. The Hall–Kier alpha value is -0.730. The van der Waals surface area contributed by atoms with E-state index in [0.29, 0.717) is 5.92 Å². The van der Waals surface area contributed by atoms with Crippen molar-refractivity contribution in [2.75, 3.05) is 25.0 Å². The van der Waals surface area contributed by atoms with Crippen LogP contribution in [0.2, 0.25) is 5.02 Å². The van der Waals surface area contributed by atoms with Crippen molar-refractivity contribution in [3.63, 3.8) is 0 Å². The van der Waals surface area contributed by atoms with Gasteiger partial charge in [-0.05, 0) is 30.7 Å². The standard InChI is InChI=1S/C11H15ClN2/c1-14-7-8(5-6-13)11-9(12)3-2-4-10(11)14/h2-4,8H,5-7,13H2,1H3. The molecule has 0 saturated heterocycles. The molecule has 0 amide bonds. The lowest BCUT2D eigenvalue weighted by Gasteiger charge is -2.11. The van der Waals surface area contributed by atoms with Crippen LogP contribution in [0.3, 0.4) is 0 Å². The summed E-state index contributed by atoms with van der Waals surface area (Å²) >= 11 is 6.20. The number of rotatable bonds is 2. The van der Waals surface area contributed by atoms with Crippen molar-refractivity contribution in [3.8, 4) is 0 Å². The Morgan fingerprint density at radius 2 is 2.36 bits per heavy atom. The highest BCUT2D eigenvalue weighted by atomic mass is 35.5. The zero-order valence-corrected chi connectivity index (χ0v) is 9.09. The van der Waals surface area contributed by atoms with E-state index in [1.807, 2.05) is 12.1 Å². The highest BCUT2D eigenvalue weighted by Gasteiger charge is 2.27. The molecule has 1 aromatic rings. The average molecular weight is 211 g/mol. The molecule has 0 fully saturated rings. The van der Waals surface area contributed by atoms with Gasteiger partial charge in [0, 0.05) is 30.2 Å². The lowest BCUT2D eigenvalue weighted by molar-refractivity contribution is 0.662. The van der Waals surface area contributed by atoms with Crippen LogP contribution in [0.25, 0.3) is 0 Å². The van der Waals surface area contributed by atoms with E-state index in [2.05, 4.69) is 18.0 Å². The minimum Gasteiger partial charge on any atom is -0.374 e. The van der Waals surface area contributed by atoms with Crippen LogP contribution in [0.15, 0.2) is 18.2 Å². The van der Waals surface area contributed by atoms with Gasteiger partial charge in [-0.1, -0.05) is 17.7 Å². The first kappa shape index (κ1) is 9.81. The second-order valence-electron chi connectivity index (χ2n) is 3.83. The van der Waals surface area contributed by atoms with Gasteiger partial charge in [-0.25, -0.2) is 0 Å². The summed E-state index contributed by atoms with van der Waals surface area (Å²) in [6.07, 6.45) is 1.01. The molecule has 0 bridgehead atoms. The van der Waals surface area contributed by atoms with Gasteiger partial charge in [0.1, 0.15) is 0 Å². The van der Waals surface area contributed by atoms with Gasteiger partial charge in [-0.15, -0.1) is 0 Å². The maximum Gasteiger partial charge on any atom is 0.0462 e. The fourth-order valence-electron chi connectivity index (χ4n) is 2.22. The molecule has 1 aromatic carbocycles. The molecule has 3 heteroatoms. The van der Waals surface area contributed by atoms with Crippen LogP contribution in [0.1, 0.15) is 17.9 Å². The molecule has 14 heavy (non-hydrogen) atoms. The number of benzene rings is 1. The molecule has 0 aliphatic carbocycles. The molecule has 0 spiro atoms. The number of hydrogen-bond acceptors (Lipinski definition) is 2. The summed E-state index contributed by atoms with van der Waals surface area (Å²) in [5, 5.41) is 0.880. The van der Waals surface area contributed by atoms with Crippen molar-refractivity contribution in [1.82, 2.24) is 0 Å². The first-order valence-electron chi connectivity index (χ1n) is 4.93. The fourth-order valence-corrected chi connectivity index (χ4v) is 2.54. The SMILES string of the molecule is CN1CC(CCN)c2c(Cl)cccc21. The summed E-state index contributed by atoms with van der Waals surface area (Å²) < 4.78 is 0. The number of likely N-dealkylation sites (N-methyl/N-ethyl adjacent to an activating group) is 1. The van der Waals surface area contributed by atoms with Gasteiger partial charge in [-0.2, -0.15) is 0 Å². The third kappa shape index (κ3) is 1.49. The first-order valence-corrected chi connectivity index (χ1v) is 5.31. The van der Waals surface area contributed by atoms with Crippen molar-refractivity contribution in [3.05, 3.63) is 28.8 Å². The predicted molar refractivity (Wildman–Crippen MR) is 61.1 cm³/mol. The Bertz CT molecular complexity index is 338. The van der Waals surface area contributed by atoms with Crippen LogP contribution in [0.4, 0.5) is 5.69 Å². The van der Waals surface area contributed by atoms with Crippen molar-refractivity contribution in [2.45, 2.75) is 12.3 Å². The summed E-state index contributed by atoms with van der Waals surface area (Å²) in [5.74, 6) is 0.508. The Morgan fingerprint density at radius 3 is 3.07 bits per heavy atom. The molecule has 0 saturated carbocycles. The van der Waals surface area contributed by atoms with Crippen LogP contribution in [-0.2, 0) is 0 Å². The molecule has 1 atom stereocenters. The van der Waals surface area contributed by atoms with Gasteiger partial charge >= 0.3 is 0 Å². The lowest BCUT2D eigenvalue weighted by Crippen LogP contribution is -2.17. The molecule has 0 aromatic heterocycles. The van der Waals surface area contributed by atoms with Crippen molar-refractivity contribution >= 4 is 17.3 Å². The van der Waals surface area contributed by atoms with Crippen LogP contribution in [0, 0.1) is 0 Å². The van der Waals surface area contributed by atoms with Crippen molar-refractivity contribution in [1.29, 1.82) is 0 Å². The van der Waals surface area contributed by atoms with Gasteiger partial charge < -0.3 is 10.6 Å². The molecule has 2 rings (SSSR count). The monoisotopic (exact) mass is 210 g/mol. The molecule has 1 aliphatic rings. The van der Waals surface area contributed by atoms with E-state index < -0.39 is 0 Å². The van der Waals surface area contributed by atoms with E-state index in [1.165, 1.54) is 11.3 Å². The van der Waals surface area contributed by atoms with Crippen LogP contribution in [-0.4, -0.2) is 20.1 Å². The Balaban J connectivity index is 2.40. The second kappa shape index (κ2) is 3.79. The number of fused-ring (bicyclic) bond motifs is 1. The highest BCUT2D eigenvalue weighted by Crippen LogP contribution is 2.41. The Labute approximate surface area is 89.7 Å². The lowest BCUT2D eigenvalue weighted by atomic mass is 9.98. The van der Waals surface area contributed by atoms with E-state index >= 15 is 0 Å². The van der Waals surface area contributed by atoms with Crippen LogP contribution >= 0.6 is 11.6 Å². The van der Waals surface area contributed by atoms with Crippen molar-refractivity contribution in [2.24, 2.45) is 5.73 Å². The van der Waals surface area contributed by atoms with Crippen molar-refractivity contribution < 1.29 is 0 Å². The van der Waals surface area contributed by atoms with E-state index in [4.69, 9.17) is 17.3 Å². The van der Waals surface area contributed by atoms with E-state index in [0.717, 1.165) is 24.5 Å². The number of hydrogen-bond donors (Lipinski definition) is 1. The normalized spacial score (nSPS) is 19.9. The maximum absolute atomic E-state index is 6.20. The number of halogens is 1. The molecular weight excluding hydrogens is 196 g/mol. The third-order valence-electron chi connectivity index (χ3n) is 2.86. The smallest absolute Gasteiger partial charge is 0.0462 e. The molecule has 1 aliphatic heterocycles. The summed E-state index contributed by atoms with van der Waals surface area (Å²) in [7, 11) is 2.10. The highest BCUT2D eigenvalue weighted by molar-refractivity contribution is 6.32. The quantitative estimate of drug-likeness (QED) is 0.811. The molecule has 1 heterocycles. The molecule has 2 N–H and O–H groups in total. The molecule has 2 nitrogen and oxygen atoms in total. The average Bonchev–Trinajstić information content (AvgIpc) is 2.46. The minimum atomic E-state index is 0.508. The van der Waals surface area contributed by atoms with Crippen LogP contribution in [0.5, 0.6) is 0 Å². The molecule has 76 valence electrons. The zero-order valence-electron chi connectivity index (χ0n) is 8.33. The molecule has 0 radical (unpaired) electrons. The largest absolute Gasteiger partial charge is 0.374 e. The zero-order chi connectivity index (χ0) is 10.1. The fraction of sp³-hybridized carbons (Fsp3) is 0.455. The van der Waals surface area contributed by atoms with Gasteiger partial charge in [0.2, 0.25) is 0 Å². The first-order chi connectivity index (χ1) is 6.74. The summed E-state index contributed by atoms with van der Waals surface area (Å²) in [4.78, 5) is 2.25. The summed E-state index contributed by atoms with van der Waals surface area (Å²) in [6, 6.07) is 6.09. The van der Waals surface area contributed by atoms with Crippen LogP contribution < -0.4 is 10.6 Å². The second-order valence-corrected chi connectivity index (χ2v) is 4.23. The van der Waals surface area contributed by atoms with Gasteiger partial charge in [0.15, 0.2) is 0 Å². The maximum atomic E-state index is 6.20. The van der Waals surface area contributed by atoms with Gasteiger partial charge in [0.25, 0.3) is 0 Å². The predicted octanol–water partition coefficient (Wildman–Crippen LogP) is 2.22. The summed E-state index contributed by atoms with van der Waals surface area (Å²) in [5.41, 5.74) is 8.14.